The maximum absolute atomic E-state index is 11.6. The second kappa shape index (κ2) is 7.36. The normalized spacial score (nSPS) is 10.2. The molecule has 0 spiro atoms. The lowest BCUT2D eigenvalue weighted by molar-refractivity contribution is 0.0993. The Morgan fingerprint density at radius 1 is 1.23 bits per heavy atom. The van der Waals surface area contributed by atoms with E-state index >= 15 is 0 Å². The third kappa shape index (κ3) is 3.69. The van der Waals surface area contributed by atoms with Crippen LogP contribution in [0.4, 0.5) is 5.69 Å². The zero-order chi connectivity index (χ0) is 15.9. The van der Waals surface area contributed by atoms with Crippen LogP contribution in [0, 0.1) is 0 Å². The zero-order valence-corrected chi connectivity index (χ0v) is 12.5. The molecule has 0 saturated carbocycles. The fourth-order valence-corrected chi connectivity index (χ4v) is 2.07. The number of rotatable bonds is 7. The molecule has 0 saturated heterocycles. The van der Waals surface area contributed by atoms with E-state index in [0.717, 1.165) is 12.0 Å². The number of primary amides is 1. The Labute approximate surface area is 129 Å². The van der Waals surface area contributed by atoms with Gasteiger partial charge < -0.3 is 20.9 Å². The van der Waals surface area contributed by atoms with Crippen molar-refractivity contribution >= 4 is 11.6 Å². The van der Waals surface area contributed by atoms with Gasteiger partial charge in [-0.2, -0.15) is 0 Å². The maximum Gasteiger partial charge on any atom is 0.256 e. The molecule has 4 N–H and O–H groups in total. The molecule has 5 heteroatoms. The van der Waals surface area contributed by atoms with Crippen LogP contribution in [-0.4, -0.2) is 17.6 Å². The highest BCUT2D eigenvalue weighted by atomic mass is 16.5. The maximum atomic E-state index is 11.6. The van der Waals surface area contributed by atoms with Crippen LogP contribution in [0.2, 0.25) is 0 Å². The first-order valence-corrected chi connectivity index (χ1v) is 7.19. The van der Waals surface area contributed by atoms with Crippen LogP contribution in [0.25, 0.3) is 0 Å². The number of amides is 1. The fourth-order valence-electron chi connectivity index (χ4n) is 2.07. The topological polar surface area (TPSA) is 84.6 Å². The van der Waals surface area contributed by atoms with Gasteiger partial charge in [0.25, 0.3) is 5.91 Å². The Morgan fingerprint density at radius 3 is 2.59 bits per heavy atom. The molecule has 2 aromatic rings. The molecule has 0 aliphatic rings. The van der Waals surface area contributed by atoms with Gasteiger partial charge in [0.05, 0.1) is 5.69 Å². The molecule has 0 aromatic heterocycles. The number of nitrogens with two attached hydrogens (primary N) is 1. The molecule has 22 heavy (non-hydrogen) atoms. The highest BCUT2D eigenvalue weighted by Gasteiger charge is 2.18. The summed E-state index contributed by atoms with van der Waals surface area (Å²) >= 11 is 0. The van der Waals surface area contributed by atoms with E-state index in [9.17, 15) is 9.90 Å². The third-order valence-corrected chi connectivity index (χ3v) is 3.19. The first-order chi connectivity index (χ1) is 10.6. The summed E-state index contributed by atoms with van der Waals surface area (Å²) in [5.41, 5.74) is 6.81. The Morgan fingerprint density at radius 2 is 1.95 bits per heavy atom. The Bertz CT molecular complexity index is 642. The van der Waals surface area contributed by atoms with Gasteiger partial charge in [-0.15, -0.1) is 0 Å². The average molecular weight is 300 g/mol. The molecule has 0 aliphatic carbocycles. The summed E-state index contributed by atoms with van der Waals surface area (Å²) in [6.07, 6.45) is 0.900. The predicted molar refractivity (Wildman–Crippen MR) is 86.2 cm³/mol. The van der Waals surface area contributed by atoms with Crippen LogP contribution in [0.5, 0.6) is 11.5 Å². The number of ether oxygens (including phenoxy) is 1. The van der Waals surface area contributed by atoms with Gasteiger partial charge in [0.2, 0.25) is 0 Å². The molecule has 1 amide bonds. The van der Waals surface area contributed by atoms with Gasteiger partial charge >= 0.3 is 0 Å². The molecule has 0 bridgehead atoms. The van der Waals surface area contributed by atoms with Gasteiger partial charge in [0.15, 0.2) is 5.75 Å². The third-order valence-electron chi connectivity index (χ3n) is 3.19. The minimum absolute atomic E-state index is 0.00275. The van der Waals surface area contributed by atoms with Crippen molar-refractivity contribution in [2.45, 2.75) is 20.0 Å². The number of hydrogen-bond donors (Lipinski definition) is 3. The largest absolute Gasteiger partial charge is 0.505 e. The lowest BCUT2D eigenvalue weighted by Crippen LogP contribution is -2.14. The van der Waals surface area contributed by atoms with Gasteiger partial charge in [0.1, 0.15) is 17.9 Å². The van der Waals surface area contributed by atoms with Crippen LogP contribution in [0.1, 0.15) is 29.3 Å². The van der Waals surface area contributed by atoms with Crippen molar-refractivity contribution in [1.29, 1.82) is 0 Å². The van der Waals surface area contributed by atoms with Crippen LogP contribution in [-0.2, 0) is 6.61 Å². The smallest absolute Gasteiger partial charge is 0.256 e. The Hall–Kier alpha value is -2.69. The van der Waals surface area contributed by atoms with E-state index < -0.39 is 5.91 Å². The monoisotopic (exact) mass is 300 g/mol. The summed E-state index contributed by atoms with van der Waals surface area (Å²) in [6.45, 7) is 2.99. The van der Waals surface area contributed by atoms with Crippen molar-refractivity contribution in [3.05, 3.63) is 53.6 Å². The Kier molecular flexibility index (Phi) is 5.25. The molecular formula is C17H20N2O3. The summed E-state index contributed by atoms with van der Waals surface area (Å²) in [5, 5.41) is 13.3. The molecule has 0 radical (unpaired) electrons. The zero-order valence-electron chi connectivity index (χ0n) is 12.5. The number of hydrogen-bond acceptors (Lipinski definition) is 4. The lowest BCUT2D eigenvalue weighted by atomic mass is 10.1. The minimum atomic E-state index is -0.722. The van der Waals surface area contributed by atoms with Crippen molar-refractivity contribution in [2.24, 2.45) is 5.73 Å². The molecule has 5 nitrogen and oxygen atoms in total. The van der Waals surface area contributed by atoms with Crippen LogP contribution < -0.4 is 15.8 Å². The SMILES string of the molecule is CCCNc1ccc(OCc2ccccc2)c(C(N)=O)c1O. The highest BCUT2D eigenvalue weighted by molar-refractivity contribution is 6.00. The summed E-state index contributed by atoms with van der Waals surface area (Å²) < 4.78 is 5.64. The summed E-state index contributed by atoms with van der Waals surface area (Å²) in [5.74, 6) is -0.622. The average Bonchev–Trinajstić information content (AvgIpc) is 2.52. The summed E-state index contributed by atoms with van der Waals surface area (Å²) in [6, 6.07) is 12.9. The van der Waals surface area contributed by atoms with E-state index in [1.54, 1.807) is 12.1 Å². The van der Waals surface area contributed by atoms with Crippen LogP contribution >= 0.6 is 0 Å². The molecule has 0 heterocycles. The van der Waals surface area contributed by atoms with E-state index in [4.69, 9.17) is 10.5 Å². The predicted octanol–water partition coefficient (Wildman–Crippen LogP) is 2.89. The first-order valence-electron chi connectivity index (χ1n) is 7.19. The summed E-state index contributed by atoms with van der Waals surface area (Å²) in [4.78, 5) is 11.6. The molecule has 0 fully saturated rings. The van der Waals surface area contributed by atoms with Gasteiger partial charge in [-0.3, -0.25) is 4.79 Å². The van der Waals surface area contributed by atoms with Crippen molar-refractivity contribution in [3.63, 3.8) is 0 Å². The van der Waals surface area contributed by atoms with E-state index in [2.05, 4.69) is 5.32 Å². The number of anilines is 1. The summed E-state index contributed by atoms with van der Waals surface area (Å²) in [7, 11) is 0. The number of carbonyl (C=O) groups excluding carboxylic acids is 1. The number of phenols is 1. The second-order valence-corrected chi connectivity index (χ2v) is 4.90. The molecule has 2 aromatic carbocycles. The molecule has 2 rings (SSSR count). The van der Waals surface area contributed by atoms with Crippen LogP contribution in [0.15, 0.2) is 42.5 Å². The Balaban J connectivity index is 2.23. The van der Waals surface area contributed by atoms with E-state index in [1.807, 2.05) is 37.3 Å². The molecular weight excluding hydrogens is 280 g/mol. The number of nitrogens with one attached hydrogen (secondary N) is 1. The molecule has 0 unspecified atom stereocenters. The van der Waals surface area contributed by atoms with Crippen molar-refractivity contribution in [3.8, 4) is 11.5 Å². The minimum Gasteiger partial charge on any atom is -0.505 e. The van der Waals surface area contributed by atoms with E-state index in [0.29, 0.717) is 18.8 Å². The van der Waals surface area contributed by atoms with Crippen molar-refractivity contribution in [1.82, 2.24) is 0 Å². The second-order valence-electron chi connectivity index (χ2n) is 4.90. The van der Waals surface area contributed by atoms with Gasteiger partial charge in [0, 0.05) is 6.54 Å². The molecule has 0 atom stereocenters. The van der Waals surface area contributed by atoms with E-state index in [1.165, 1.54) is 0 Å². The van der Waals surface area contributed by atoms with Crippen LogP contribution in [0.3, 0.4) is 0 Å². The lowest BCUT2D eigenvalue weighted by Gasteiger charge is -2.14. The van der Waals surface area contributed by atoms with Gasteiger partial charge in [-0.1, -0.05) is 37.3 Å². The standard InChI is InChI=1S/C17H20N2O3/c1-2-10-19-13-8-9-14(15(16(13)20)17(18)21)22-11-12-6-4-3-5-7-12/h3-9,19-20H,2,10-11H2,1H3,(H2,18,21). The fraction of sp³-hybridized carbons (Fsp3) is 0.235. The number of aromatic hydroxyl groups is 1. The number of carbonyl (C=O) groups is 1. The molecule has 116 valence electrons. The van der Waals surface area contributed by atoms with Crippen molar-refractivity contribution in [2.75, 3.05) is 11.9 Å². The molecule has 0 aliphatic heterocycles. The van der Waals surface area contributed by atoms with Crippen molar-refractivity contribution < 1.29 is 14.6 Å². The number of benzene rings is 2. The highest BCUT2D eigenvalue weighted by Crippen LogP contribution is 2.35. The first kappa shape index (κ1) is 15.7. The quantitative estimate of drug-likeness (QED) is 0.686. The van der Waals surface area contributed by atoms with E-state index in [-0.39, 0.29) is 17.1 Å². The van der Waals surface area contributed by atoms with Gasteiger partial charge in [-0.05, 0) is 24.1 Å². The van der Waals surface area contributed by atoms with Gasteiger partial charge in [-0.25, -0.2) is 0 Å².